The fourth-order valence-electron chi connectivity index (χ4n) is 2.10. The second-order valence-electron chi connectivity index (χ2n) is 3.72. The average Bonchev–Trinajstić information content (AvgIpc) is 2.49. The highest BCUT2D eigenvalue weighted by molar-refractivity contribution is 5.17. The van der Waals surface area contributed by atoms with E-state index in [4.69, 9.17) is 0 Å². The Morgan fingerprint density at radius 2 is 2.00 bits per heavy atom. The molecule has 0 saturated heterocycles. The Labute approximate surface area is 76.4 Å². The summed E-state index contributed by atoms with van der Waals surface area (Å²) in [5.74, 6) is 0.845. The van der Waals surface area contributed by atoms with E-state index in [1.54, 1.807) is 0 Å². The molecule has 0 aromatic carbocycles. The van der Waals surface area contributed by atoms with E-state index in [1.165, 1.54) is 19.3 Å². The Balaban J connectivity index is 0.000000336. The van der Waals surface area contributed by atoms with Gasteiger partial charge in [-0.25, -0.2) is 0 Å². The van der Waals surface area contributed by atoms with Crippen molar-refractivity contribution >= 4 is 0 Å². The Kier molecular flexibility index (Phi) is 3.13. The number of fused-ring (bicyclic) bond motifs is 1. The Hall–Kier alpha value is -0.520. The molecule has 0 aromatic heterocycles. The minimum Gasteiger partial charge on any atom is -0.0879 e. The molecule has 0 nitrogen and oxygen atoms in total. The minimum absolute atomic E-state index is 0.498. The van der Waals surface area contributed by atoms with Crippen LogP contribution < -0.4 is 0 Å². The fourth-order valence-corrected chi connectivity index (χ4v) is 2.10. The topological polar surface area (TPSA) is 0 Å². The smallest absolute Gasteiger partial charge is 0.00493 e. The van der Waals surface area contributed by atoms with Crippen molar-refractivity contribution in [1.29, 1.82) is 0 Å². The Morgan fingerprint density at radius 3 is 2.67 bits per heavy atom. The van der Waals surface area contributed by atoms with Crippen LogP contribution in [0, 0.1) is 11.3 Å². The molecular weight excluding hydrogens is 144 g/mol. The van der Waals surface area contributed by atoms with Gasteiger partial charge in [0.2, 0.25) is 0 Å². The van der Waals surface area contributed by atoms with Crippen molar-refractivity contribution in [2.24, 2.45) is 11.3 Å². The molecule has 0 aromatic rings. The summed E-state index contributed by atoms with van der Waals surface area (Å²) in [6, 6.07) is 0. The lowest BCUT2D eigenvalue weighted by atomic mass is 9.73. The summed E-state index contributed by atoms with van der Waals surface area (Å²) < 4.78 is 0. The second kappa shape index (κ2) is 3.93. The van der Waals surface area contributed by atoms with Gasteiger partial charge in [0.1, 0.15) is 0 Å². The third-order valence-corrected chi connectivity index (χ3v) is 2.92. The molecule has 0 amide bonds. The third-order valence-electron chi connectivity index (χ3n) is 2.92. The summed E-state index contributed by atoms with van der Waals surface area (Å²) in [7, 11) is 0. The summed E-state index contributed by atoms with van der Waals surface area (Å²) >= 11 is 0. The van der Waals surface area contributed by atoms with Gasteiger partial charge >= 0.3 is 0 Å². The zero-order valence-corrected chi connectivity index (χ0v) is 8.51. The first kappa shape index (κ1) is 9.57. The molecule has 2 aliphatic rings. The van der Waals surface area contributed by atoms with E-state index in [0.29, 0.717) is 5.41 Å². The summed E-state index contributed by atoms with van der Waals surface area (Å²) in [5.41, 5.74) is 0.498. The van der Waals surface area contributed by atoms with Crippen LogP contribution in [0.2, 0.25) is 0 Å². The van der Waals surface area contributed by atoms with E-state index in [1.807, 2.05) is 13.8 Å². The average molecular weight is 164 g/mol. The molecule has 0 saturated carbocycles. The van der Waals surface area contributed by atoms with E-state index in [2.05, 4.69) is 31.2 Å². The second-order valence-corrected chi connectivity index (χ2v) is 3.72. The van der Waals surface area contributed by atoms with Gasteiger partial charge in [0.15, 0.2) is 0 Å². The van der Waals surface area contributed by atoms with Gasteiger partial charge in [-0.3, -0.25) is 0 Å². The Morgan fingerprint density at radius 1 is 1.25 bits per heavy atom. The SMILES string of the molecule is CC.CC12C=CCCC1C=CC2. The van der Waals surface area contributed by atoms with Crippen molar-refractivity contribution in [3.63, 3.8) is 0 Å². The van der Waals surface area contributed by atoms with Gasteiger partial charge in [0.05, 0.1) is 0 Å². The standard InChI is InChI=1S/C10H14.C2H6/c1-10-7-3-2-5-9(10)6-4-8-10;1-2/h3-4,6-7,9H,2,5,8H2,1H3;1-2H3. The molecule has 0 fully saturated rings. The van der Waals surface area contributed by atoms with Crippen molar-refractivity contribution in [3.05, 3.63) is 24.3 Å². The van der Waals surface area contributed by atoms with Crippen LogP contribution in [-0.4, -0.2) is 0 Å². The van der Waals surface area contributed by atoms with Crippen LogP contribution in [0.15, 0.2) is 24.3 Å². The molecule has 0 heterocycles. The number of hydrogen-bond donors (Lipinski definition) is 0. The van der Waals surface area contributed by atoms with Crippen molar-refractivity contribution in [3.8, 4) is 0 Å². The lowest BCUT2D eigenvalue weighted by molar-refractivity contribution is 0.305. The van der Waals surface area contributed by atoms with E-state index < -0.39 is 0 Å². The molecule has 2 aliphatic carbocycles. The number of hydrogen-bond acceptors (Lipinski definition) is 0. The van der Waals surface area contributed by atoms with Crippen LogP contribution in [0.1, 0.15) is 40.0 Å². The minimum atomic E-state index is 0.498. The molecule has 0 heteroatoms. The van der Waals surface area contributed by atoms with Crippen LogP contribution in [0.3, 0.4) is 0 Å². The van der Waals surface area contributed by atoms with Gasteiger partial charge in [-0.1, -0.05) is 45.1 Å². The maximum absolute atomic E-state index is 2.40. The molecule has 68 valence electrons. The molecule has 2 unspecified atom stereocenters. The first-order chi connectivity index (χ1) is 5.81. The summed E-state index contributed by atoms with van der Waals surface area (Å²) in [6.07, 6.45) is 13.4. The lowest BCUT2D eigenvalue weighted by Crippen LogP contribution is -2.21. The molecule has 12 heavy (non-hydrogen) atoms. The summed E-state index contributed by atoms with van der Waals surface area (Å²) in [4.78, 5) is 0. The highest BCUT2D eigenvalue weighted by Gasteiger charge is 2.33. The maximum Gasteiger partial charge on any atom is -0.00493 e. The zero-order chi connectivity index (χ0) is 9.03. The zero-order valence-electron chi connectivity index (χ0n) is 8.51. The van der Waals surface area contributed by atoms with Gasteiger partial charge in [-0.2, -0.15) is 0 Å². The van der Waals surface area contributed by atoms with Crippen molar-refractivity contribution in [2.75, 3.05) is 0 Å². The van der Waals surface area contributed by atoms with Gasteiger partial charge in [-0.15, -0.1) is 0 Å². The molecule has 2 atom stereocenters. The van der Waals surface area contributed by atoms with Gasteiger partial charge in [-0.05, 0) is 30.6 Å². The Bertz CT molecular complexity index is 188. The first-order valence-electron chi connectivity index (χ1n) is 5.16. The monoisotopic (exact) mass is 164 g/mol. The molecule has 0 bridgehead atoms. The number of allylic oxidation sites excluding steroid dienone is 4. The highest BCUT2D eigenvalue weighted by Crippen LogP contribution is 2.44. The van der Waals surface area contributed by atoms with Crippen LogP contribution in [0.25, 0.3) is 0 Å². The van der Waals surface area contributed by atoms with Crippen LogP contribution in [0.5, 0.6) is 0 Å². The predicted molar refractivity (Wildman–Crippen MR) is 55.1 cm³/mol. The molecular formula is C12H20. The highest BCUT2D eigenvalue weighted by atomic mass is 14.4. The summed E-state index contributed by atoms with van der Waals surface area (Å²) in [6.45, 7) is 6.37. The van der Waals surface area contributed by atoms with E-state index in [0.717, 1.165) is 5.92 Å². The first-order valence-corrected chi connectivity index (χ1v) is 5.16. The van der Waals surface area contributed by atoms with Crippen LogP contribution in [-0.2, 0) is 0 Å². The predicted octanol–water partition coefficient (Wildman–Crippen LogP) is 3.95. The molecule has 2 rings (SSSR count). The quantitative estimate of drug-likeness (QED) is 0.476. The van der Waals surface area contributed by atoms with Crippen molar-refractivity contribution in [2.45, 2.75) is 40.0 Å². The van der Waals surface area contributed by atoms with Crippen LogP contribution in [0.4, 0.5) is 0 Å². The molecule has 0 spiro atoms. The van der Waals surface area contributed by atoms with Gasteiger partial charge in [0, 0.05) is 0 Å². The lowest BCUT2D eigenvalue weighted by Gasteiger charge is -2.31. The van der Waals surface area contributed by atoms with E-state index in [-0.39, 0.29) is 0 Å². The third kappa shape index (κ3) is 1.63. The summed E-state index contributed by atoms with van der Waals surface area (Å²) in [5, 5.41) is 0. The largest absolute Gasteiger partial charge is 0.0879 e. The van der Waals surface area contributed by atoms with E-state index in [9.17, 15) is 0 Å². The van der Waals surface area contributed by atoms with Gasteiger partial charge in [0.25, 0.3) is 0 Å². The van der Waals surface area contributed by atoms with E-state index >= 15 is 0 Å². The van der Waals surface area contributed by atoms with Crippen LogP contribution >= 0.6 is 0 Å². The fraction of sp³-hybridized carbons (Fsp3) is 0.667. The van der Waals surface area contributed by atoms with Crippen molar-refractivity contribution < 1.29 is 0 Å². The molecule has 0 radical (unpaired) electrons. The molecule has 0 N–H and O–H groups in total. The van der Waals surface area contributed by atoms with Crippen molar-refractivity contribution in [1.82, 2.24) is 0 Å². The molecule has 0 aliphatic heterocycles. The normalized spacial score (nSPS) is 37.1. The van der Waals surface area contributed by atoms with Gasteiger partial charge < -0.3 is 0 Å². The maximum atomic E-state index is 2.40. The number of rotatable bonds is 0.